The fraction of sp³-hybridized carbons (Fsp3) is 0.389. The van der Waals surface area contributed by atoms with E-state index in [1.54, 1.807) is 23.4 Å². The normalized spacial score (nSPS) is 20.1. The molecular formula is C18H22N4O3. The van der Waals surface area contributed by atoms with E-state index in [9.17, 15) is 9.59 Å². The SMILES string of the molecule is COC(=O)[C@@H]1C[C@@H](N(C)C)CN1C(=O)c1ccccc1-c1ncc[nH]1. The van der Waals surface area contributed by atoms with Crippen molar-refractivity contribution in [1.82, 2.24) is 19.8 Å². The van der Waals surface area contributed by atoms with Gasteiger partial charge >= 0.3 is 5.97 Å². The number of benzene rings is 1. The summed E-state index contributed by atoms with van der Waals surface area (Å²) in [5.41, 5.74) is 1.24. The quantitative estimate of drug-likeness (QED) is 0.850. The zero-order chi connectivity index (χ0) is 18.0. The Labute approximate surface area is 146 Å². The lowest BCUT2D eigenvalue weighted by Crippen LogP contribution is -2.41. The number of nitrogens with zero attached hydrogens (tertiary/aromatic N) is 3. The summed E-state index contributed by atoms with van der Waals surface area (Å²) in [6, 6.07) is 6.82. The van der Waals surface area contributed by atoms with Crippen LogP contribution in [0.5, 0.6) is 0 Å². The first-order valence-corrected chi connectivity index (χ1v) is 8.17. The Morgan fingerprint density at radius 2 is 2.08 bits per heavy atom. The largest absolute Gasteiger partial charge is 0.467 e. The van der Waals surface area contributed by atoms with Gasteiger partial charge in [0.15, 0.2) is 0 Å². The molecule has 0 spiro atoms. The minimum atomic E-state index is -0.574. The van der Waals surface area contributed by atoms with E-state index in [0.29, 0.717) is 24.4 Å². The van der Waals surface area contributed by atoms with Gasteiger partial charge in [-0.05, 0) is 26.6 Å². The Morgan fingerprint density at radius 3 is 2.72 bits per heavy atom. The smallest absolute Gasteiger partial charge is 0.328 e. The van der Waals surface area contributed by atoms with Crippen molar-refractivity contribution in [3.05, 3.63) is 42.2 Å². The van der Waals surface area contributed by atoms with E-state index in [1.165, 1.54) is 7.11 Å². The number of esters is 1. The van der Waals surface area contributed by atoms with E-state index in [4.69, 9.17) is 4.74 Å². The lowest BCUT2D eigenvalue weighted by molar-refractivity contribution is -0.145. The van der Waals surface area contributed by atoms with E-state index in [1.807, 2.05) is 37.2 Å². The maximum absolute atomic E-state index is 13.2. The first-order valence-electron chi connectivity index (χ1n) is 8.17. The molecule has 2 atom stereocenters. The number of likely N-dealkylation sites (tertiary alicyclic amines) is 1. The number of amides is 1. The van der Waals surface area contributed by atoms with Crippen LogP contribution in [0, 0.1) is 0 Å². The monoisotopic (exact) mass is 342 g/mol. The molecule has 25 heavy (non-hydrogen) atoms. The average Bonchev–Trinajstić information content (AvgIpc) is 3.30. The Kier molecular flexibility index (Phi) is 4.85. The fourth-order valence-corrected chi connectivity index (χ4v) is 3.22. The van der Waals surface area contributed by atoms with Crippen molar-refractivity contribution in [2.75, 3.05) is 27.7 Å². The van der Waals surface area contributed by atoms with Crippen LogP contribution < -0.4 is 0 Å². The van der Waals surface area contributed by atoms with Gasteiger partial charge in [-0.1, -0.05) is 18.2 Å². The Hall–Kier alpha value is -2.67. The maximum atomic E-state index is 13.2. The standard InChI is InChI=1S/C18H22N4O3/c1-21(2)12-10-15(18(24)25-3)22(11-12)17(23)14-7-5-4-6-13(14)16-19-8-9-20-16/h4-9,12,15H,10-11H2,1-3H3,(H,19,20)/t12-,15+/m1/s1. The molecule has 1 aromatic carbocycles. The summed E-state index contributed by atoms with van der Waals surface area (Å²) < 4.78 is 4.91. The zero-order valence-electron chi connectivity index (χ0n) is 14.6. The highest BCUT2D eigenvalue weighted by atomic mass is 16.5. The number of nitrogens with one attached hydrogen (secondary N) is 1. The number of hydrogen-bond donors (Lipinski definition) is 1. The third kappa shape index (κ3) is 3.28. The zero-order valence-corrected chi connectivity index (χ0v) is 14.6. The second kappa shape index (κ2) is 7.06. The second-order valence-corrected chi connectivity index (χ2v) is 6.33. The minimum Gasteiger partial charge on any atom is -0.467 e. The van der Waals surface area contributed by atoms with Crippen molar-refractivity contribution in [1.29, 1.82) is 0 Å². The average molecular weight is 342 g/mol. The van der Waals surface area contributed by atoms with Crippen LogP contribution in [0.1, 0.15) is 16.8 Å². The Balaban J connectivity index is 1.95. The van der Waals surface area contributed by atoms with Gasteiger partial charge in [0.2, 0.25) is 0 Å². The molecule has 0 bridgehead atoms. The minimum absolute atomic E-state index is 0.115. The molecule has 2 aromatic rings. The highest BCUT2D eigenvalue weighted by molar-refractivity contribution is 6.02. The summed E-state index contributed by atoms with van der Waals surface area (Å²) in [4.78, 5) is 36.3. The molecule has 3 rings (SSSR count). The number of carbonyl (C=O) groups excluding carboxylic acids is 2. The first-order chi connectivity index (χ1) is 12.0. The van der Waals surface area contributed by atoms with Gasteiger partial charge in [-0.2, -0.15) is 0 Å². The van der Waals surface area contributed by atoms with E-state index in [-0.39, 0.29) is 17.9 Å². The van der Waals surface area contributed by atoms with Crippen LogP contribution in [-0.2, 0) is 9.53 Å². The number of imidazole rings is 1. The van der Waals surface area contributed by atoms with Gasteiger partial charge in [0, 0.05) is 30.5 Å². The number of ether oxygens (including phenoxy) is 1. The number of carbonyl (C=O) groups is 2. The highest BCUT2D eigenvalue weighted by Crippen LogP contribution is 2.27. The molecule has 7 heteroatoms. The van der Waals surface area contributed by atoms with Gasteiger partial charge in [-0.15, -0.1) is 0 Å². The number of hydrogen-bond acceptors (Lipinski definition) is 5. The summed E-state index contributed by atoms with van der Waals surface area (Å²) in [6.07, 6.45) is 3.92. The summed E-state index contributed by atoms with van der Waals surface area (Å²) in [7, 11) is 5.25. The molecule has 2 heterocycles. The molecule has 0 aliphatic carbocycles. The van der Waals surface area contributed by atoms with Gasteiger partial charge in [-0.25, -0.2) is 9.78 Å². The molecule has 0 unspecified atom stereocenters. The van der Waals surface area contributed by atoms with Gasteiger partial charge in [0.25, 0.3) is 5.91 Å². The predicted molar refractivity (Wildman–Crippen MR) is 93.0 cm³/mol. The number of aromatic nitrogens is 2. The van der Waals surface area contributed by atoms with Crippen LogP contribution in [-0.4, -0.2) is 71.5 Å². The molecule has 1 N–H and O–H groups in total. The molecule has 1 amide bonds. The number of likely N-dealkylation sites (N-methyl/N-ethyl adjacent to an activating group) is 1. The molecule has 0 radical (unpaired) electrons. The summed E-state index contributed by atoms with van der Waals surface area (Å²) in [5.74, 6) is 0.0573. The molecule has 132 valence electrons. The molecule has 1 fully saturated rings. The maximum Gasteiger partial charge on any atom is 0.328 e. The van der Waals surface area contributed by atoms with Gasteiger partial charge in [-0.3, -0.25) is 4.79 Å². The lowest BCUT2D eigenvalue weighted by Gasteiger charge is -2.24. The third-order valence-corrected chi connectivity index (χ3v) is 4.65. The predicted octanol–water partition coefficient (Wildman–Crippen LogP) is 1.39. The molecule has 0 saturated carbocycles. The van der Waals surface area contributed by atoms with Crippen LogP contribution in [0.2, 0.25) is 0 Å². The molecule has 1 aliphatic heterocycles. The van der Waals surface area contributed by atoms with E-state index >= 15 is 0 Å². The van der Waals surface area contributed by atoms with E-state index in [2.05, 4.69) is 9.97 Å². The molecule has 7 nitrogen and oxygen atoms in total. The van der Waals surface area contributed by atoms with Crippen molar-refractivity contribution >= 4 is 11.9 Å². The first kappa shape index (κ1) is 17.2. The van der Waals surface area contributed by atoms with Crippen molar-refractivity contribution in [3.63, 3.8) is 0 Å². The van der Waals surface area contributed by atoms with Crippen LogP contribution in [0.15, 0.2) is 36.7 Å². The van der Waals surface area contributed by atoms with Crippen LogP contribution in [0.25, 0.3) is 11.4 Å². The Bertz CT molecular complexity index is 757. The number of rotatable bonds is 4. The molecule has 1 aromatic heterocycles. The summed E-state index contributed by atoms with van der Waals surface area (Å²) in [5, 5.41) is 0. The highest BCUT2D eigenvalue weighted by Gasteiger charge is 2.41. The van der Waals surface area contributed by atoms with E-state index < -0.39 is 6.04 Å². The fourth-order valence-electron chi connectivity index (χ4n) is 3.22. The summed E-state index contributed by atoms with van der Waals surface area (Å²) >= 11 is 0. The van der Waals surface area contributed by atoms with Crippen LogP contribution in [0.4, 0.5) is 0 Å². The molecule has 1 aliphatic rings. The topological polar surface area (TPSA) is 78.5 Å². The summed E-state index contributed by atoms with van der Waals surface area (Å²) in [6.45, 7) is 0.484. The third-order valence-electron chi connectivity index (χ3n) is 4.65. The van der Waals surface area contributed by atoms with Crippen molar-refractivity contribution in [3.8, 4) is 11.4 Å². The number of H-pyrrole nitrogens is 1. The van der Waals surface area contributed by atoms with Crippen LogP contribution in [0.3, 0.4) is 0 Å². The van der Waals surface area contributed by atoms with E-state index in [0.717, 1.165) is 5.56 Å². The molecule has 1 saturated heterocycles. The lowest BCUT2D eigenvalue weighted by atomic mass is 10.1. The van der Waals surface area contributed by atoms with Crippen molar-refractivity contribution in [2.24, 2.45) is 0 Å². The number of methoxy groups -OCH3 is 1. The van der Waals surface area contributed by atoms with Gasteiger partial charge in [0.1, 0.15) is 11.9 Å². The van der Waals surface area contributed by atoms with Crippen LogP contribution >= 0.6 is 0 Å². The van der Waals surface area contributed by atoms with Crippen molar-refractivity contribution < 1.29 is 14.3 Å². The second-order valence-electron chi connectivity index (χ2n) is 6.33. The molecular weight excluding hydrogens is 320 g/mol. The Morgan fingerprint density at radius 1 is 1.32 bits per heavy atom. The number of aromatic amines is 1. The van der Waals surface area contributed by atoms with Gasteiger partial charge in [0.05, 0.1) is 12.7 Å². The van der Waals surface area contributed by atoms with Gasteiger partial charge < -0.3 is 19.5 Å². The van der Waals surface area contributed by atoms with Crippen molar-refractivity contribution in [2.45, 2.75) is 18.5 Å².